The highest BCUT2D eigenvalue weighted by Gasteiger charge is 2.25. The van der Waals surface area contributed by atoms with Gasteiger partial charge in [0.1, 0.15) is 12.6 Å². The average molecular weight is 430 g/mol. The molecule has 4 aromatic rings. The summed E-state index contributed by atoms with van der Waals surface area (Å²) in [6.45, 7) is 0.0593. The van der Waals surface area contributed by atoms with Gasteiger partial charge in [0.05, 0.1) is 16.5 Å². The number of nitriles is 1. The largest absolute Gasteiger partial charge is 0.459 e. The number of benzene rings is 2. The summed E-state index contributed by atoms with van der Waals surface area (Å²) in [5.41, 5.74) is 3.19. The molecule has 4 rings (SSSR count). The highest BCUT2D eigenvalue weighted by molar-refractivity contribution is 7.12. The first kappa shape index (κ1) is 20.4. The van der Waals surface area contributed by atoms with Crippen molar-refractivity contribution in [2.45, 2.75) is 19.1 Å². The zero-order chi connectivity index (χ0) is 21.6. The number of aromatic amines is 1. The van der Waals surface area contributed by atoms with Crippen LogP contribution >= 0.6 is 11.3 Å². The number of aromatic nitrogens is 1. The van der Waals surface area contributed by atoms with E-state index in [2.05, 4.69) is 16.4 Å². The smallest absolute Gasteiger partial charge is 0.329 e. The van der Waals surface area contributed by atoms with Gasteiger partial charge in [-0.25, -0.2) is 4.79 Å². The maximum Gasteiger partial charge on any atom is 0.329 e. The van der Waals surface area contributed by atoms with E-state index in [0.29, 0.717) is 16.9 Å². The number of carbonyl (C=O) groups is 2. The van der Waals surface area contributed by atoms with Crippen LogP contribution in [0.5, 0.6) is 0 Å². The Balaban J connectivity index is 1.51. The quantitative estimate of drug-likeness (QED) is 0.431. The van der Waals surface area contributed by atoms with Crippen molar-refractivity contribution in [2.75, 3.05) is 0 Å². The van der Waals surface area contributed by atoms with E-state index in [1.165, 1.54) is 11.3 Å². The number of H-pyrrole nitrogens is 1. The van der Waals surface area contributed by atoms with E-state index in [-0.39, 0.29) is 12.5 Å². The van der Waals surface area contributed by atoms with Crippen LogP contribution in [0.2, 0.25) is 0 Å². The number of carbonyl (C=O) groups excluding carboxylic acids is 2. The summed E-state index contributed by atoms with van der Waals surface area (Å²) in [5.74, 6) is -0.824. The summed E-state index contributed by atoms with van der Waals surface area (Å²) < 4.78 is 5.50. The molecule has 2 aromatic carbocycles. The first-order valence-electron chi connectivity index (χ1n) is 9.69. The van der Waals surface area contributed by atoms with Crippen LogP contribution in [0.15, 0.2) is 72.2 Å². The molecule has 0 unspecified atom stereocenters. The second-order valence-corrected chi connectivity index (χ2v) is 7.93. The van der Waals surface area contributed by atoms with E-state index in [0.717, 1.165) is 22.0 Å². The Kier molecular flexibility index (Phi) is 6.11. The molecule has 0 saturated carbocycles. The van der Waals surface area contributed by atoms with E-state index in [1.807, 2.05) is 35.8 Å². The molecule has 154 valence electrons. The third kappa shape index (κ3) is 4.82. The molecule has 0 aliphatic heterocycles. The molecule has 0 fully saturated rings. The molecular formula is C24H19N3O3S. The second kappa shape index (κ2) is 9.28. The van der Waals surface area contributed by atoms with E-state index in [4.69, 9.17) is 10.00 Å². The van der Waals surface area contributed by atoms with Crippen molar-refractivity contribution in [3.63, 3.8) is 0 Å². The lowest BCUT2D eigenvalue weighted by Crippen LogP contribution is -2.43. The summed E-state index contributed by atoms with van der Waals surface area (Å²) in [6, 6.07) is 19.3. The number of amides is 1. The van der Waals surface area contributed by atoms with Crippen molar-refractivity contribution in [1.82, 2.24) is 10.3 Å². The van der Waals surface area contributed by atoms with Gasteiger partial charge in [0.15, 0.2) is 0 Å². The fraction of sp³-hybridized carbons (Fsp3) is 0.125. The van der Waals surface area contributed by atoms with Crippen LogP contribution in [0.25, 0.3) is 10.9 Å². The van der Waals surface area contributed by atoms with Crippen LogP contribution in [0.4, 0.5) is 0 Å². The van der Waals surface area contributed by atoms with Crippen molar-refractivity contribution in [3.05, 3.63) is 93.8 Å². The standard InChI is InChI=1S/C24H19N3O3S/c25-13-16-7-9-17(10-8-16)15-30-24(29)21(27-23(28)22-6-3-11-31-22)12-18-14-26-20-5-2-1-4-19(18)20/h1-11,14,21,26H,12,15H2,(H,27,28)/t21-/m0/s1. The van der Waals surface area contributed by atoms with Crippen LogP contribution in [-0.2, 0) is 22.6 Å². The zero-order valence-electron chi connectivity index (χ0n) is 16.5. The predicted octanol–water partition coefficient (Wildman–Crippen LogP) is 4.19. The number of para-hydroxylation sites is 1. The number of hydrogen-bond donors (Lipinski definition) is 2. The van der Waals surface area contributed by atoms with E-state index in [1.54, 1.807) is 36.4 Å². The van der Waals surface area contributed by atoms with Crippen molar-refractivity contribution in [1.29, 1.82) is 5.26 Å². The van der Waals surface area contributed by atoms with Gasteiger partial charge in [0.2, 0.25) is 0 Å². The monoisotopic (exact) mass is 429 g/mol. The third-order valence-corrected chi connectivity index (χ3v) is 5.77. The fourth-order valence-electron chi connectivity index (χ4n) is 3.28. The van der Waals surface area contributed by atoms with Gasteiger partial charge < -0.3 is 15.0 Å². The second-order valence-electron chi connectivity index (χ2n) is 6.98. The van der Waals surface area contributed by atoms with Gasteiger partial charge in [-0.3, -0.25) is 4.79 Å². The number of ether oxygens (including phenoxy) is 1. The van der Waals surface area contributed by atoms with Crippen LogP contribution < -0.4 is 5.32 Å². The predicted molar refractivity (Wildman–Crippen MR) is 119 cm³/mol. The number of nitrogens with one attached hydrogen (secondary N) is 2. The Hall–Kier alpha value is -3.89. The number of nitrogens with zero attached hydrogens (tertiary/aromatic N) is 1. The lowest BCUT2D eigenvalue weighted by molar-refractivity contribution is -0.147. The van der Waals surface area contributed by atoms with E-state index < -0.39 is 12.0 Å². The molecule has 0 aliphatic carbocycles. The Morgan fingerprint density at radius 3 is 2.65 bits per heavy atom. The van der Waals surface area contributed by atoms with Crippen LogP contribution in [0, 0.1) is 11.3 Å². The van der Waals surface area contributed by atoms with Gasteiger partial charge in [-0.15, -0.1) is 11.3 Å². The number of thiophene rings is 1. The minimum atomic E-state index is -0.841. The Morgan fingerprint density at radius 1 is 1.10 bits per heavy atom. The van der Waals surface area contributed by atoms with Crippen molar-refractivity contribution in [2.24, 2.45) is 0 Å². The number of rotatable bonds is 7. The molecule has 0 radical (unpaired) electrons. The average Bonchev–Trinajstić information content (AvgIpc) is 3.48. The van der Waals surface area contributed by atoms with Crippen molar-refractivity contribution >= 4 is 34.1 Å². The van der Waals surface area contributed by atoms with Gasteiger partial charge in [0, 0.05) is 23.5 Å². The molecule has 2 heterocycles. The lowest BCUT2D eigenvalue weighted by atomic mass is 10.0. The molecule has 6 nitrogen and oxygen atoms in total. The zero-order valence-corrected chi connectivity index (χ0v) is 17.3. The molecule has 0 spiro atoms. The van der Waals surface area contributed by atoms with Gasteiger partial charge in [-0.2, -0.15) is 5.26 Å². The van der Waals surface area contributed by atoms with Gasteiger partial charge in [0.25, 0.3) is 5.91 Å². The van der Waals surface area contributed by atoms with E-state index >= 15 is 0 Å². The Labute approximate surface area is 183 Å². The maximum absolute atomic E-state index is 12.9. The van der Waals surface area contributed by atoms with Crippen LogP contribution in [0.3, 0.4) is 0 Å². The van der Waals surface area contributed by atoms with Crippen LogP contribution in [-0.4, -0.2) is 22.9 Å². The normalized spacial score (nSPS) is 11.6. The first-order chi connectivity index (χ1) is 15.1. The Bertz CT molecular complexity index is 1240. The third-order valence-electron chi connectivity index (χ3n) is 4.90. The number of esters is 1. The minimum absolute atomic E-state index is 0.0593. The molecule has 0 bridgehead atoms. The lowest BCUT2D eigenvalue weighted by Gasteiger charge is -2.17. The highest BCUT2D eigenvalue weighted by atomic mass is 32.1. The molecule has 1 amide bonds. The molecular weight excluding hydrogens is 410 g/mol. The van der Waals surface area contributed by atoms with Crippen molar-refractivity contribution in [3.8, 4) is 6.07 Å². The van der Waals surface area contributed by atoms with Gasteiger partial charge in [-0.05, 0) is 40.8 Å². The fourth-order valence-corrected chi connectivity index (χ4v) is 3.91. The minimum Gasteiger partial charge on any atom is -0.459 e. The van der Waals surface area contributed by atoms with E-state index in [9.17, 15) is 9.59 Å². The summed E-state index contributed by atoms with van der Waals surface area (Å²) in [6.07, 6.45) is 2.15. The molecule has 1 atom stereocenters. The first-order valence-corrected chi connectivity index (χ1v) is 10.6. The Morgan fingerprint density at radius 2 is 1.90 bits per heavy atom. The maximum atomic E-state index is 12.9. The summed E-state index contributed by atoms with van der Waals surface area (Å²) in [7, 11) is 0. The van der Waals surface area contributed by atoms with Crippen molar-refractivity contribution < 1.29 is 14.3 Å². The molecule has 7 heteroatoms. The summed E-state index contributed by atoms with van der Waals surface area (Å²) in [4.78, 5) is 29.2. The number of fused-ring (bicyclic) bond motifs is 1. The molecule has 0 aliphatic rings. The summed E-state index contributed by atoms with van der Waals surface area (Å²) in [5, 5.41) is 14.5. The highest BCUT2D eigenvalue weighted by Crippen LogP contribution is 2.20. The summed E-state index contributed by atoms with van der Waals surface area (Å²) >= 11 is 1.31. The molecule has 2 N–H and O–H groups in total. The van der Waals surface area contributed by atoms with Gasteiger partial charge >= 0.3 is 5.97 Å². The topological polar surface area (TPSA) is 95.0 Å². The SMILES string of the molecule is N#Cc1ccc(COC(=O)[C@H](Cc2c[nH]c3ccccc23)NC(=O)c2cccs2)cc1. The molecule has 0 saturated heterocycles. The number of hydrogen-bond acceptors (Lipinski definition) is 5. The van der Waals surface area contributed by atoms with Gasteiger partial charge in [-0.1, -0.05) is 36.4 Å². The molecule has 2 aromatic heterocycles. The van der Waals surface area contributed by atoms with Crippen LogP contribution in [0.1, 0.15) is 26.4 Å². The molecule has 31 heavy (non-hydrogen) atoms.